The van der Waals surface area contributed by atoms with Crippen LogP contribution < -0.4 is 0 Å². The van der Waals surface area contributed by atoms with Crippen molar-refractivity contribution in [2.75, 3.05) is 0 Å². The van der Waals surface area contributed by atoms with Crippen LogP contribution >= 0.6 is 0 Å². The van der Waals surface area contributed by atoms with Crippen molar-refractivity contribution in [3.8, 4) is 0 Å². The van der Waals surface area contributed by atoms with Crippen molar-refractivity contribution < 1.29 is 9.53 Å². The lowest BCUT2D eigenvalue weighted by Crippen LogP contribution is -2.12. The summed E-state index contributed by atoms with van der Waals surface area (Å²) < 4.78 is 7.13. The van der Waals surface area contributed by atoms with Crippen LogP contribution in [0.1, 0.15) is 16.1 Å². The Kier molecular flexibility index (Phi) is 3.78. The van der Waals surface area contributed by atoms with E-state index in [1.165, 1.54) is 0 Å². The third kappa shape index (κ3) is 2.70. The molecule has 1 heterocycles. The van der Waals surface area contributed by atoms with Gasteiger partial charge in [-0.05, 0) is 12.0 Å². The van der Waals surface area contributed by atoms with Gasteiger partial charge in [-0.3, -0.25) is 0 Å². The van der Waals surface area contributed by atoms with Crippen molar-refractivity contribution in [1.29, 1.82) is 0 Å². The number of rotatable bonds is 4. The van der Waals surface area contributed by atoms with E-state index in [0.717, 1.165) is 16.3 Å². The van der Waals surface area contributed by atoms with E-state index in [4.69, 9.17) is 12.6 Å². The molecule has 0 spiro atoms. The molecule has 0 saturated carbocycles. The molecule has 2 radical (unpaired) electrons. The van der Waals surface area contributed by atoms with Gasteiger partial charge in [-0.15, -0.1) is 0 Å². The Labute approximate surface area is 124 Å². The normalized spacial score (nSPS) is 10.7. The van der Waals surface area contributed by atoms with Crippen LogP contribution in [0.4, 0.5) is 0 Å². The monoisotopic (exact) mass is 275 g/mol. The predicted molar refractivity (Wildman–Crippen MR) is 83.3 cm³/mol. The number of carbonyl (C=O) groups excluding carboxylic acids is 1. The van der Waals surface area contributed by atoms with Crippen LogP contribution in [-0.2, 0) is 17.8 Å². The zero-order valence-corrected chi connectivity index (χ0v) is 11.5. The number of esters is 1. The van der Waals surface area contributed by atoms with Gasteiger partial charge in [-0.2, -0.15) is 0 Å². The minimum absolute atomic E-state index is 0.241. The fourth-order valence-electron chi connectivity index (χ4n) is 2.38. The molecule has 0 saturated heterocycles. The van der Waals surface area contributed by atoms with Crippen molar-refractivity contribution in [1.82, 2.24) is 4.57 Å². The summed E-state index contributed by atoms with van der Waals surface area (Å²) in [5.41, 5.74) is 1.46. The molecule has 4 heteroatoms. The predicted octanol–water partition coefficient (Wildman–Crippen LogP) is 3.12. The molecule has 0 aliphatic heterocycles. The Balaban J connectivity index is 1.87. The molecule has 3 nitrogen and oxygen atoms in total. The molecular formula is C17H14BNO2. The second-order valence-electron chi connectivity index (χ2n) is 4.78. The molecule has 3 rings (SSSR count). The van der Waals surface area contributed by atoms with Gasteiger partial charge in [0.05, 0.1) is 7.85 Å². The first kappa shape index (κ1) is 13.5. The number of aromatic nitrogens is 1. The lowest BCUT2D eigenvalue weighted by molar-refractivity contribution is 0.0463. The second-order valence-corrected chi connectivity index (χ2v) is 4.78. The third-order valence-electron chi connectivity index (χ3n) is 3.40. The molecule has 2 aromatic carbocycles. The van der Waals surface area contributed by atoms with Gasteiger partial charge in [0.25, 0.3) is 0 Å². The van der Waals surface area contributed by atoms with E-state index in [-0.39, 0.29) is 19.0 Å². The second kappa shape index (κ2) is 5.88. The largest absolute Gasteiger partial charge is 0.456 e. The van der Waals surface area contributed by atoms with Gasteiger partial charge in [-0.25, -0.2) is 4.79 Å². The Bertz CT molecular complexity index is 765. The molecule has 0 fully saturated rings. The molecule has 3 aromatic rings. The van der Waals surface area contributed by atoms with E-state index in [1.807, 2.05) is 60.8 Å². The molecule has 0 amide bonds. The number of ether oxygens (including phenoxy) is 1. The van der Waals surface area contributed by atoms with Gasteiger partial charge in [-0.1, -0.05) is 54.6 Å². The van der Waals surface area contributed by atoms with Crippen LogP contribution in [-0.4, -0.2) is 18.4 Å². The van der Waals surface area contributed by atoms with Crippen LogP contribution in [0.15, 0.2) is 60.8 Å². The minimum Gasteiger partial charge on any atom is -0.456 e. The van der Waals surface area contributed by atoms with Crippen LogP contribution in [0, 0.1) is 0 Å². The third-order valence-corrected chi connectivity index (χ3v) is 3.40. The van der Waals surface area contributed by atoms with E-state index in [1.54, 1.807) is 4.57 Å². The summed E-state index contributed by atoms with van der Waals surface area (Å²) in [7, 11) is 5.71. The van der Waals surface area contributed by atoms with Crippen molar-refractivity contribution in [2.45, 2.75) is 13.1 Å². The Hall–Kier alpha value is -2.49. The average molecular weight is 275 g/mol. The maximum absolute atomic E-state index is 12.4. The first-order valence-electron chi connectivity index (χ1n) is 6.78. The molecule has 0 atom stereocenters. The standard InChI is InChI=1S/C17H14BNO2/c18-12-19-10-14-8-4-5-9-15(14)16(19)17(20)21-11-13-6-2-1-3-7-13/h1-10H,11-12H2. The van der Waals surface area contributed by atoms with Crippen molar-refractivity contribution in [3.05, 3.63) is 72.1 Å². The molecule has 21 heavy (non-hydrogen) atoms. The molecule has 1 aromatic heterocycles. The Morgan fingerprint density at radius 3 is 2.52 bits per heavy atom. The fraction of sp³-hybridized carbons (Fsp3) is 0.118. The smallest absolute Gasteiger partial charge is 0.355 e. The first-order valence-corrected chi connectivity index (χ1v) is 6.78. The minimum atomic E-state index is -0.356. The summed E-state index contributed by atoms with van der Waals surface area (Å²) >= 11 is 0. The Morgan fingerprint density at radius 2 is 1.76 bits per heavy atom. The van der Waals surface area contributed by atoms with Crippen molar-refractivity contribution in [2.24, 2.45) is 0 Å². The zero-order valence-electron chi connectivity index (χ0n) is 11.5. The zero-order chi connectivity index (χ0) is 14.7. The van der Waals surface area contributed by atoms with Crippen molar-refractivity contribution in [3.63, 3.8) is 0 Å². The van der Waals surface area contributed by atoms with Crippen LogP contribution in [0.5, 0.6) is 0 Å². The summed E-state index contributed by atoms with van der Waals surface area (Å²) in [6, 6.07) is 17.3. The highest BCUT2D eigenvalue weighted by Gasteiger charge is 2.17. The number of carbonyl (C=O) groups is 1. The van der Waals surface area contributed by atoms with Gasteiger partial charge in [0.15, 0.2) is 0 Å². The summed E-state index contributed by atoms with van der Waals surface area (Å²) in [5, 5.41) is 1.84. The summed E-state index contributed by atoms with van der Waals surface area (Å²) in [6.45, 7) is 0.254. The SMILES string of the molecule is [B]Cn1cc2ccccc2c1C(=O)OCc1ccccc1. The number of hydrogen-bond acceptors (Lipinski definition) is 2. The highest BCUT2D eigenvalue weighted by Crippen LogP contribution is 2.22. The lowest BCUT2D eigenvalue weighted by Gasteiger charge is -2.08. The molecule has 0 aliphatic rings. The lowest BCUT2D eigenvalue weighted by atomic mass is 10.1. The highest BCUT2D eigenvalue weighted by atomic mass is 16.5. The number of fused-ring (bicyclic) bond motifs is 1. The number of benzene rings is 2. The first-order chi connectivity index (χ1) is 10.3. The summed E-state index contributed by atoms with van der Waals surface area (Å²) in [5.74, 6) is -0.356. The van der Waals surface area contributed by atoms with Gasteiger partial charge in [0, 0.05) is 17.0 Å². The van der Waals surface area contributed by atoms with Crippen LogP contribution in [0.3, 0.4) is 0 Å². The van der Waals surface area contributed by atoms with Gasteiger partial charge in [0.2, 0.25) is 0 Å². The highest BCUT2D eigenvalue weighted by molar-refractivity contribution is 6.09. The average Bonchev–Trinajstić information content (AvgIpc) is 2.92. The molecular weight excluding hydrogens is 261 g/mol. The maximum atomic E-state index is 12.4. The number of hydrogen-bond donors (Lipinski definition) is 0. The molecule has 0 aliphatic carbocycles. The maximum Gasteiger partial charge on any atom is 0.355 e. The molecule has 0 unspecified atom stereocenters. The number of nitrogens with zero attached hydrogens (tertiary/aromatic N) is 1. The topological polar surface area (TPSA) is 31.2 Å². The molecule has 0 N–H and O–H groups in total. The molecule has 102 valence electrons. The molecule has 0 bridgehead atoms. The van der Waals surface area contributed by atoms with E-state index >= 15 is 0 Å². The van der Waals surface area contributed by atoms with Gasteiger partial charge < -0.3 is 9.30 Å². The van der Waals surface area contributed by atoms with E-state index < -0.39 is 0 Å². The van der Waals surface area contributed by atoms with E-state index in [2.05, 4.69) is 0 Å². The van der Waals surface area contributed by atoms with Crippen LogP contribution in [0.2, 0.25) is 0 Å². The van der Waals surface area contributed by atoms with E-state index in [0.29, 0.717) is 5.69 Å². The fourth-order valence-corrected chi connectivity index (χ4v) is 2.38. The van der Waals surface area contributed by atoms with Gasteiger partial charge >= 0.3 is 5.97 Å². The van der Waals surface area contributed by atoms with Gasteiger partial charge in [0.1, 0.15) is 12.3 Å². The Morgan fingerprint density at radius 1 is 1.05 bits per heavy atom. The summed E-state index contributed by atoms with van der Waals surface area (Å²) in [4.78, 5) is 12.4. The summed E-state index contributed by atoms with van der Waals surface area (Å²) in [6.07, 6.45) is 2.11. The quantitative estimate of drug-likeness (QED) is 0.541. The van der Waals surface area contributed by atoms with Crippen LogP contribution in [0.25, 0.3) is 10.8 Å². The van der Waals surface area contributed by atoms with E-state index in [9.17, 15) is 4.79 Å². The van der Waals surface area contributed by atoms with Crippen molar-refractivity contribution >= 4 is 24.6 Å².